The topological polar surface area (TPSA) is 78.9 Å². The summed E-state index contributed by atoms with van der Waals surface area (Å²) in [7, 11) is 0. The van der Waals surface area contributed by atoms with Gasteiger partial charge in [0, 0.05) is 19.3 Å². The Morgan fingerprint density at radius 3 is 0.667 bits per heavy atom. The van der Waals surface area contributed by atoms with E-state index in [1.807, 2.05) is 0 Å². The lowest BCUT2D eigenvalue weighted by Gasteiger charge is -2.18. The highest BCUT2D eigenvalue weighted by atomic mass is 16.6. The van der Waals surface area contributed by atoms with Crippen LogP contribution in [0.3, 0.4) is 0 Å². The van der Waals surface area contributed by atoms with Gasteiger partial charge >= 0.3 is 17.9 Å². The average Bonchev–Trinajstić information content (AvgIpc) is 3.44. The number of carbonyl (C=O) groups is 3. The number of rotatable bonds is 65. The molecule has 0 aromatic carbocycles. The molecule has 0 fully saturated rings. The quantitative estimate of drug-likeness (QED) is 0.0261. The highest BCUT2D eigenvalue weighted by Crippen LogP contribution is 2.18. The molecule has 6 heteroatoms. The summed E-state index contributed by atoms with van der Waals surface area (Å²) in [4.78, 5) is 38.3. The Balaban J connectivity index is 4.16. The van der Waals surface area contributed by atoms with E-state index in [-0.39, 0.29) is 31.1 Å². The third kappa shape index (κ3) is 64.5. The van der Waals surface area contributed by atoms with Gasteiger partial charge in [-0.1, -0.05) is 308 Å². The normalized spacial score (nSPS) is 12.2. The molecule has 0 aromatic heterocycles. The zero-order chi connectivity index (χ0) is 56.4. The van der Waals surface area contributed by atoms with Crippen molar-refractivity contribution in [3.05, 3.63) is 36.5 Å². The predicted octanol–water partition coefficient (Wildman–Crippen LogP) is 23.9. The van der Waals surface area contributed by atoms with Crippen molar-refractivity contribution in [2.75, 3.05) is 13.2 Å². The summed E-state index contributed by atoms with van der Waals surface area (Å²) in [6, 6.07) is 0. The first-order valence-corrected chi connectivity index (χ1v) is 35.0. The Morgan fingerprint density at radius 1 is 0.244 bits per heavy atom. The molecule has 0 aromatic rings. The Bertz CT molecular complexity index is 1300. The summed E-state index contributed by atoms with van der Waals surface area (Å²) < 4.78 is 17.0. The first-order chi connectivity index (χ1) is 38.5. The third-order valence-electron chi connectivity index (χ3n) is 15.8. The molecule has 6 nitrogen and oxygen atoms in total. The number of esters is 3. The van der Waals surface area contributed by atoms with Crippen molar-refractivity contribution in [1.82, 2.24) is 0 Å². The van der Waals surface area contributed by atoms with Crippen molar-refractivity contribution in [2.24, 2.45) is 0 Å². The van der Waals surface area contributed by atoms with Crippen LogP contribution in [-0.2, 0) is 28.6 Å². The first-order valence-electron chi connectivity index (χ1n) is 35.0. The SMILES string of the molecule is CCCCC/C=C\CCCCCCCC(=O)OCC(COC(=O)CCCCCCCCCCCCCCCCCCC/C=C\CCCCCCCCCC)OC(=O)CCCCCCCCCCC/C=C\CCCCCCCC. The van der Waals surface area contributed by atoms with Gasteiger partial charge in [-0.05, 0) is 96.3 Å². The van der Waals surface area contributed by atoms with Crippen LogP contribution in [0.1, 0.15) is 387 Å². The lowest BCUT2D eigenvalue weighted by atomic mass is 10.0. The Labute approximate surface area is 486 Å². The Morgan fingerprint density at radius 2 is 0.423 bits per heavy atom. The number of allylic oxidation sites excluding steroid dienone is 6. The Hall–Kier alpha value is -2.37. The maximum atomic E-state index is 12.9. The van der Waals surface area contributed by atoms with Gasteiger partial charge in [-0.3, -0.25) is 14.4 Å². The number of hydrogen-bond acceptors (Lipinski definition) is 6. The van der Waals surface area contributed by atoms with Crippen LogP contribution in [0.15, 0.2) is 36.5 Å². The molecule has 0 aliphatic carbocycles. The molecule has 1 atom stereocenters. The molecular formula is C72H134O6. The lowest BCUT2D eigenvalue weighted by Crippen LogP contribution is -2.30. The monoisotopic (exact) mass is 1100 g/mol. The van der Waals surface area contributed by atoms with Crippen LogP contribution in [-0.4, -0.2) is 37.2 Å². The minimum absolute atomic E-state index is 0.0713. The van der Waals surface area contributed by atoms with Gasteiger partial charge in [-0.25, -0.2) is 0 Å². The van der Waals surface area contributed by atoms with Crippen molar-refractivity contribution in [1.29, 1.82) is 0 Å². The summed E-state index contributed by atoms with van der Waals surface area (Å²) in [6.45, 7) is 6.67. The van der Waals surface area contributed by atoms with E-state index in [1.54, 1.807) is 0 Å². The van der Waals surface area contributed by atoms with Crippen LogP contribution < -0.4 is 0 Å². The predicted molar refractivity (Wildman–Crippen MR) is 339 cm³/mol. The summed E-state index contributed by atoms with van der Waals surface area (Å²) in [5, 5.41) is 0. The number of ether oxygens (including phenoxy) is 3. The highest BCUT2D eigenvalue weighted by Gasteiger charge is 2.19. The van der Waals surface area contributed by atoms with E-state index in [0.29, 0.717) is 19.3 Å². The molecule has 1 unspecified atom stereocenters. The molecule has 0 saturated heterocycles. The summed E-state index contributed by atoms with van der Waals surface area (Å²) in [5.74, 6) is -0.858. The van der Waals surface area contributed by atoms with Gasteiger partial charge in [0.2, 0.25) is 0 Å². The maximum absolute atomic E-state index is 12.9. The molecule has 0 amide bonds. The minimum Gasteiger partial charge on any atom is -0.462 e. The zero-order valence-electron chi connectivity index (χ0n) is 52.7. The van der Waals surface area contributed by atoms with Crippen LogP contribution in [0.2, 0.25) is 0 Å². The average molecular weight is 1100 g/mol. The van der Waals surface area contributed by atoms with E-state index in [0.717, 1.165) is 64.2 Å². The van der Waals surface area contributed by atoms with Gasteiger partial charge in [0.15, 0.2) is 6.10 Å². The van der Waals surface area contributed by atoms with Gasteiger partial charge in [-0.2, -0.15) is 0 Å². The molecule has 0 bridgehead atoms. The fraction of sp³-hybridized carbons (Fsp3) is 0.875. The standard InChI is InChI=1S/C72H134O6/c1-4-7-10-13-16-19-22-25-27-29-31-32-33-34-35-36-37-38-39-40-42-43-45-47-50-53-56-59-62-65-71(74)77-68-69(67-76-70(73)64-61-58-55-52-49-24-21-18-15-12-9-6-3)78-72(75)66-63-60-57-54-51-48-46-44-41-30-28-26-23-20-17-14-11-8-5-2/h18,21,26,28-29,31,69H,4-17,19-20,22-25,27,30,32-68H2,1-3H3/b21-18-,28-26-,31-29-. The van der Waals surface area contributed by atoms with Crippen molar-refractivity contribution < 1.29 is 28.6 Å². The summed E-state index contributed by atoms with van der Waals surface area (Å²) in [5.41, 5.74) is 0. The van der Waals surface area contributed by atoms with Gasteiger partial charge in [0.25, 0.3) is 0 Å². The molecule has 0 aliphatic heterocycles. The smallest absolute Gasteiger partial charge is 0.306 e. The number of unbranched alkanes of at least 4 members (excludes halogenated alkanes) is 48. The molecular weight excluding hydrogens is 961 g/mol. The number of hydrogen-bond donors (Lipinski definition) is 0. The maximum Gasteiger partial charge on any atom is 0.306 e. The molecule has 78 heavy (non-hydrogen) atoms. The molecule has 0 spiro atoms. The van der Waals surface area contributed by atoms with Crippen LogP contribution >= 0.6 is 0 Å². The van der Waals surface area contributed by atoms with Crippen molar-refractivity contribution >= 4 is 17.9 Å². The fourth-order valence-corrected chi connectivity index (χ4v) is 10.5. The van der Waals surface area contributed by atoms with E-state index in [4.69, 9.17) is 14.2 Å². The summed E-state index contributed by atoms with van der Waals surface area (Å²) >= 11 is 0. The number of carbonyl (C=O) groups excluding carboxylic acids is 3. The largest absolute Gasteiger partial charge is 0.462 e. The lowest BCUT2D eigenvalue weighted by molar-refractivity contribution is -0.167. The van der Waals surface area contributed by atoms with Gasteiger partial charge < -0.3 is 14.2 Å². The van der Waals surface area contributed by atoms with Crippen molar-refractivity contribution in [3.63, 3.8) is 0 Å². The second kappa shape index (κ2) is 67.1. The second-order valence-corrected chi connectivity index (χ2v) is 23.8. The minimum atomic E-state index is -0.775. The Kier molecular flexibility index (Phi) is 65.1. The molecule has 0 saturated carbocycles. The van der Waals surface area contributed by atoms with Crippen molar-refractivity contribution in [3.8, 4) is 0 Å². The van der Waals surface area contributed by atoms with Crippen LogP contribution in [0.4, 0.5) is 0 Å². The van der Waals surface area contributed by atoms with E-state index in [9.17, 15) is 14.4 Å². The molecule has 458 valence electrons. The summed E-state index contributed by atoms with van der Waals surface area (Å²) in [6.07, 6.45) is 83.2. The van der Waals surface area contributed by atoms with Gasteiger partial charge in [-0.15, -0.1) is 0 Å². The fourth-order valence-electron chi connectivity index (χ4n) is 10.5. The van der Waals surface area contributed by atoms with E-state index < -0.39 is 6.10 Å². The molecule has 0 radical (unpaired) electrons. The molecule has 0 heterocycles. The zero-order valence-corrected chi connectivity index (χ0v) is 52.7. The molecule has 0 rings (SSSR count). The van der Waals surface area contributed by atoms with E-state index >= 15 is 0 Å². The second-order valence-electron chi connectivity index (χ2n) is 23.8. The van der Waals surface area contributed by atoms with Crippen molar-refractivity contribution in [2.45, 2.75) is 393 Å². The van der Waals surface area contributed by atoms with Crippen LogP contribution in [0.25, 0.3) is 0 Å². The first kappa shape index (κ1) is 75.6. The molecule has 0 N–H and O–H groups in total. The third-order valence-corrected chi connectivity index (χ3v) is 15.8. The highest BCUT2D eigenvalue weighted by molar-refractivity contribution is 5.71. The van der Waals surface area contributed by atoms with Crippen LogP contribution in [0, 0.1) is 0 Å². The molecule has 0 aliphatic rings. The van der Waals surface area contributed by atoms with Gasteiger partial charge in [0.05, 0.1) is 0 Å². The van der Waals surface area contributed by atoms with E-state index in [1.165, 1.54) is 283 Å². The van der Waals surface area contributed by atoms with Gasteiger partial charge in [0.1, 0.15) is 13.2 Å². The van der Waals surface area contributed by atoms with Crippen LogP contribution in [0.5, 0.6) is 0 Å². The van der Waals surface area contributed by atoms with E-state index in [2.05, 4.69) is 57.2 Å².